The fraction of sp³-hybridized carbons (Fsp3) is 0.111. The molecule has 0 unspecified atom stereocenters. The largest absolute Gasteiger partial charge is 0.372 e. The molecule has 5 nitrogen and oxygen atoms in total. The molecule has 2 amide bonds. The van der Waals surface area contributed by atoms with E-state index in [1.165, 1.54) is 16.3 Å². The average Bonchev–Trinajstić information content (AvgIpc) is 3.42. The first-order valence-corrected chi connectivity index (χ1v) is 11.5. The predicted octanol–water partition coefficient (Wildman–Crippen LogP) is 4.92. The predicted molar refractivity (Wildman–Crippen MR) is 129 cm³/mol. The van der Waals surface area contributed by atoms with Gasteiger partial charge in [0.15, 0.2) is 5.60 Å². The Labute approximate surface area is 196 Å². The Morgan fingerprint density at radius 3 is 1.82 bits per heavy atom. The Morgan fingerprint density at radius 1 is 0.818 bits per heavy atom. The van der Waals surface area contributed by atoms with Crippen molar-refractivity contribution in [2.24, 2.45) is 0 Å². The van der Waals surface area contributed by atoms with E-state index in [0.717, 1.165) is 5.56 Å². The summed E-state index contributed by atoms with van der Waals surface area (Å²) in [4.78, 5) is 27.6. The van der Waals surface area contributed by atoms with Crippen molar-refractivity contribution in [1.29, 1.82) is 0 Å². The molecule has 0 saturated carbocycles. The lowest BCUT2D eigenvalue weighted by atomic mass is 9.85. The van der Waals surface area contributed by atoms with E-state index in [4.69, 9.17) is 0 Å². The summed E-state index contributed by atoms with van der Waals surface area (Å²) in [5, 5.41) is 14.9. The van der Waals surface area contributed by atoms with Crippen LogP contribution in [0.15, 0.2) is 109 Å². The summed E-state index contributed by atoms with van der Waals surface area (Å²) in [5.41, 5.74) is 2.42. The zero-order valence-corrected chi connectivity index (χ0v) is 18.9. The van der Waals surface area contributed by atoms with Crippen molar-refractivity contribution >= 4 is 23.2 Å². The van der Waals surface area contributed by atoms with Gasteiger partial charge in [0.05, 0.1) is 10.9 Å². The molecule has 1 heterocycles. The Bertz CT molecular complexity index is 1160. The first kappa shape index (κ1) is 22.5. The minimum atomic E-state index is -1.99. The summed E-state index contributed by atoms with van der Waals surface area (Å²) >= 11 is 1.29. The molecule has 0 aliphatic carbocycles. The SMILES string of the molecule is C[C@@H](c1ccccc1)N(NC(=O)C(O)(c1ccccc1)c1ccccc1)C(=O)c1cccs1. The maximum absolute atomic E-state index is 13.7. The molecule has 0 saturated heterocycles. The van der Waals surface area contributed by atoms with Gasteiger partial charge in [-0.05, 0) is 35.1 Å². The Kier molecular flexibility index (Phi) is 6.68. The number of hydrogen-bond acceptors (Lipinski definition) is 4. The third kappa shape index (κ3) is 4.58. The van der Waals surface area contributed by atoms with E-state index >= 15 is 0 Å². The van der Waals surface area contributed by atoms with E-state index < -0.39 is 17.6 Å². The minimum absolute atomic E-state index is 0.349. The fourth-order valence-corrected chi connectivity index (χ4v) is 4.36. The van der Waals surface area contributed by atoms with Crippen molar-refractivity contribution in [2.45, 2.75) is 18.6 Å². The van der Waals surface area contributed by atoms with Crippen LogP contribution in [-0.2, 0) is 10.4 Å². The van der Waals surface area contributed by atoms with E-state index in [1.54, 1.807) is 60.7 Å². The van der Waals surface area contributed by atoms with Gasteiger partial charge in [-0.2, -0.15) is 0 Å². The van der Waals surface area contributed by atoms with Gasteiger partial charge in [-0.15, -0.1) is 11.3 Å². The number of carbonyl (C=O) groups excluding carboxylic acids is 2. The normalized spacial score (nSPS) is 12.1. The highest BCUT2D eigenvalue weighted by Gasteiger charge is 2.42. The van der Waals surface area contributed by atoms with Gasteiger partial charge in [0.25, 0.3) is 11.8 Å². The fourth-order valence-electron chi connectivity index (χ4n) is 3.70. The van der Waals surface area contributed by atoms with Crippen LogP contribution in [0.5, 0.6) is 0 Å². The second-order valence-corrected chi connectivity index (χ2v) is 8.57. The highest BCUT2D eigenvalue weighted by Crippen LogP contribution is 2.31. The third-order valence-corrected chi connectivity index (χ3v) is 6.41. The molecule has 4 aromatic rings. The molecule has 1 aromatic heterocycles. The minimum Gasteiger partial charge on any atom is -0.372 e. The van der Waals surface area contributed by atoms with E-state index in [2.05, 4.69) is 5.43 Å². The Morgan fingerprint density at radius 2 is 1.33 bits per heavy atom. The highest BCUT2D eigenvalue weighted by molar-refractivity contribution is 7.12. The first-order chi connectivity index (χ1) is 16.0. The highest BCUT2D eigenvalue weighted by atomic mass is 32.1. The second-order valence-electron chi connectivity index (χ2n) is 7.62. The summed E-state index contributed by atoms with van der Waals surface area (Å²) in [5.74, 6) is -1.06. The molecule has 0 aliphatic heterocycles. The average molecular weight is 457 g/mol. The number of benzene rings is 3. The second kappa shape index (κ2) is 9.81. The first-order valence-electron chi connectivity index (χ1n) is 10.6. The van der Waals surface area contributed by atoms with E-state index in [1.807, 2.05) is 54.8 Å². The van der Waals surface area contributed by atoms with Gasteiger partial charge in [-0.25, -0.2) is 5.01 Å². The standard InChI is InChI=1S/C27H24N2O3S/c1-20(21-12-5-2-6-13-21)29(25(30)24-18-11-19-33-24)28-26(31)27(32,22-14-7-3-8-15-22)23-16-9-4-10-17-23/h2-20,32H,1H3,(H,28,31)/t20-/m0/s1. The van der Waals surface area contributed by atoms with Crippen LogP contribution in [0.1, 0.15) is 39.3 Å². The number of hydrazine groups is 1. The zero-order chi connectivity index (χ0) is 23.3. The van der Waals surface area contributed by atoms with Crippen LogP contribution in [0.25, 0.3) is 0 Å². The van der Waals surface area contributed by atoms with Crippen LogP contribution < -0.4 is 5.43 Å². The van der Waals surface area contributed by atoms with Gasteiger partial charge in [0.1, 0.15) is 0 Å². The number of amides is 2. The molecule has 33 heavy (non-hydrogen) atoms. The lowest BCUT2D eigenvalue weighted by Gasteiger charge is -2.34. The van der Waals surface area contributed by atoms with E-state index in [-0.39, 0.29) is 5.91 Å². The summed E-state index contributed by atoms with van der Waals surface area (Å²) in [6.45, 7) is 1.84. The molecule has 2 N–H and O–H groups in total. The molecule has 0 bridgehead atoms. The van der Waals surface area contributed by atoms with Crippen molar-refractivity contribution in [1.82, 2.24) is 10.4 Å². The van der Waals surface area contributed by atoms with E-state index in [0.29, 0.717) is 16.0 Å². The molecule has 6 heteroatoms. The summed E-state index contributed by atoms with van der Waals surface area (Å²) in [7, 11) is 0. The van der Waals surface area contributed by atoms with Crippen LogP contribution in [0.2, 0.25) is 0 Å². The van der Waals surface area contributed by atoms with E-state index in [9.17, 15) is 14.7 Å². The van der Waals surface area contributed by atoms with Crippen LogP contribution >= 0.6 is 11.3 Å². The number of nitrogens with zero attached hydrogens (tertiary/aromatic N) is 1. The van der Waals surface area contributed by atoms with Gasteiger partial charge in [-0.1, -0.05) is 97.1 Å². The van der Waals surface area contributed by atoms with Gasteiger partial charge in [0, 0.05) is 0 Å². The molecule has 1 atom stereocenters. The monoisotopic (exact) mass is 456 g/mol. The van der Waals surface area contributed by atoms with Crippen molar-refractivity contribution in [3.05, 3.63) is 130 Å². The van der Waals surface area contributed by atoms with Crippen molar-refractivity contribution in [2.75, 3.05) is 0 Å². The number of thiophene rings is 1. The Balaban J connectivity index is 1.75. The van der Waals surface area contributed by atoms with Crippen molar-refractivity contribution in [3.8, 4) is 0 Å². The summed E-state index contributed by atoms with van der Waals surface area (Å²) < 4.78 is 0. The topological polar surface area (TPSA) is 69.6 Å². The van der Waals surface area contributed by atoms with Crippen LogP contribution in [0.3, 0.4) is 0 Å². The van der Waals surface area contributed by atoms with Crippen LogP contribution in [0, 0.1) is 0 Å². The number of hydrogen-bond donors (Lipinski definition) is 2. The third-order valence-electron chi connectivity index (χ3n) is 5.55. The molecule has 0 spiro atoms. The van der Waals surface area contributed by atoms with Crippen molar-refractivity contribution in [3.63, 3.8) is 0 Å². The Hall–Kier alpha value is -3.74. The van der Waals surface area contributed by atoms with Gasteiger partial charge in [-0.3, -0.25) is 15.0 Å². The van der Waals surface area contributed by atoms with Gasteiger partial charge < -0.3 is 5.11 Å². The number of rotatable bonds is 6. The summed E-state index contributed by atoms with van der Waals surface area (Å²) in [6.07, 6.45) is 0. The zero-order valence-electron chi connectivity index (χ0n) is 18.1. The molecule has 4 rings (SSSR count). The maximum atomic E-state index is 13.7. The van der Waals surface area contributed by atoms with Gasteiger partial charge in [0.2, 0.25) is 0 Å². The van der Waals surface area contributed by atoms with Gasteiger partial charge >= 0.3 is 0 Å². The molecule has 0 fully saturated rings. The molecule has 166 valence electrons. The number of carbonyl (C=O) groups is 2. The molecule has 0 aliphatic rings. The lowest BCUT2D eigenvalue weighted by Crippen LogP contribution is -2.54. The molecule has 3 aromatic carbocycles. The van der Waals surface area contributed by atoms with Crippen LogP contribution in [-0.4, -0.2) is 21.9 Å². The maximum Gasteiger partial charge on any atom is 0.282 e. The number of nitrogens with one attached hydrogen (secondary N) is 1. The lowest BCUT2D eigenvalue weighted by molar-refractivity contribution is -0.141. The molecule has 0 radical (unpaired) electrons. The van der Waals surface area contributed by atoms with Crippen molar-refractivity contribution < 1.29 is 14.7 Å². The number of aliphatic hydroxyl groups is 1. The van der Waals surface area contributed by atoms with Crippen LogP contribution in [0.4, 0.5) is 0 Å². The smallest absolute Gasteiger partial charge is 0.282 e. The molecular formula is C27H24N2O3S. The summed E-state index contributed by atoms with van der Waals surface area (Å²) in [6, 6.07) is 29.9. The quantitative estimate of drug-likeness (QED) is 0.405. The molecular weight excluding hydrogens is 432 g/mol.